The number of carbonyl (C=O) groups is 2. The number of Topliss-reactive ketones (excluding diaryl/α,β-unsaturated/α-hetero) is 2. The van der Waals surface area contributed by atoms with Crippen LogP contribution in [0.3, 0.4) is 0 Å². The molecule has 0 radical (unpaired) electrons. The topological polar surface area (TPSA) is 34.1 Å². The van der Waals surface area contributed by atoms with Crippen LogP contribution >= 0.6 is 0 Å². The molecular formula is C21H21F3O2. The molecule has 0 amide bonds. The number of fused-ring (bicyclic) bond motifs is 1. The first-order valence-electron chi connectivity index (χ1n) is 9.01. The van der Waals surface area contributed by atoms with Crippen LogP contribution in [0, 0.1) is 0 Å². The Bertz CT molecular complexity index is 785. The first kappa shape index (κ1) is 18.6. The minimum Gasteiger partial charge on any atom is -0.294 e. The van der Waals surface area contributed by atoms with Crippen molar-refractivity contribution in [2.24, 2.45) is 0 Å². The molecule has 0 bridgehead atoms. The lowest BCUT2D eigenvalue weighted by Gasteiger charge is -2.18. The zero-order valence-electron chi connectivity index (χ0n) is 14.5. The number of alkyl halides is 3. The number of halogens is 3. The normalized spacial score (nSPS) is 17.2. The highest BCUT2D eigenvalue weighted by Crippen LogP contribution is 2.35. The van der Waals surface area contributed by atoms with Crippen LogP contribution in [0.4, 0.5) is 13.2 Å². The zero-order chi connectivity index (χ0) is 18.7. The van der Waals surface area contributed by atoms with Gasteiger partial charge in [-0.2, -0.15) is 13.2 Å². The molecular weight excluding hydrogens is 341 g/mol. The van der Waals surface area contributed by atoms with Crippen molar-refractivity contribution in [1.82, 2.24) is 0 Å². The lowest BCUT2D eigenvalue weighted by molar-refractivity contribution is -0.117. The molecule has 0 atom stereocenters. The molecule has 2 aliphatic carbocycles. The molecule has 0 unspecified atom stereocenters. The van der Waals surface area contributed by atoms with E-state index in [-0.39, 0.29) is 37.0 Å². The van der Waals surface area contributed by atoms with Gasteiger partial charge in [-0.05, 0) is 55.7 Å². The third-order valence-electron chi connectivity index (χ3n) is 5.06. The number of rotatable bonds is 5. The molecule has 2 nitrogen and oxygen atoms in total. The van der Waals surface area contributed by atoms with E-state index in [0.717, 1.165) is 25.7 Å². The lowest BCUT2D eigenvalue weighted by atomic mass is 9.88. The van der Waals surface area contributed by atoms with E-state index in [0.29, 0.717) is 5.56 Å². The van der Waals surface area contributed by atoms with Crippen LogP contribution < -0.4 is 0 Å². The number of hydrogen-bond acceptors (Lipinski definition) is 2. The third kappa shape index (κ3) is 4.14. The summed E-state index contributed by atoms with van der Waals surface area (Å²) in [4.78, 5) is 24.6. The maximum atomic E-state index is 13.1. The number of benzene rings is 1. The van der Waals surface area contributed by atoms with Crippen molar-refractivity contribution in [2.75, 3.05) is 0 Å². The van der Waals surface area contributed by atoms with Crippen LogP contribution in [0.1, 0.15) is 60.0 Å². The Morgan fingerprint density at radius 1 is 0.923 bits per heavy atom. The molecule has 3 rings (SSSR count). The van der Waals surface area contributed by atoms with Gasteiger partial charge in [0, 0.05) is 29.6 Å². The van der Waals surface area contributed by atoms with Crippen LogP contribution in [0.25, 0.3) is 0 Å². The van der Waals surface area contributed by atoms with Gasteiger partial charge in [-0.25, -0.2) is 0 Å². The predicted octanol–water partition coefficient (Wildman–Crippen LogP) is 5.31. The van der Waals surface area contributed by atoms with Gasteiger partial charge in [0.1, 0.15) is 0 Å². The van der Waals surface area contributed by atoms with E-state index in [1.807, 2.05) is 12.1 Å². The maximum Gasteiger partial charge on any atom is 0.413 e. The summed E-state index contributed by atoms with van der Waals surface area (Å²) in [7, 11) is 0. The molecule has 1 aromatic carbocycles. The van der Waals surface area contributed by atoms with Gasteiger partial charge >= 0.3 is 6.18 Å². The smallest absolute Gasteiger partial charge is 0.294 e. The van der Waals surface area contributed by atoms with Crippen molar-refractivity contribution in [3.8, 4) is 0 Å². The number of aryl methyl sites for hydroxylation is 2. The fourth-order valence-corrected chi connectivity index (χ4v) is 3.63. The van der Waals surface area contributed by atoms with Gasteiger partial charge < -0.3 is 0 Å². The summed E-state index contributed by atoms with van der Waals surface area (Å²) in [5.74, 6) is -0.805. The minimum atomic E-state index is -4.50. The molecule has 0 heterocycles. The van der Waals surface area contributed by atoms with Gasteiger partial charge in [0.15, 0.2) is 11.6 Å². The summed E-state index contributed by atoms with van der Waals surface area (Å²) in [6, 6.07) is 5.60. The minimum absolute atomic E-state index is 0.0693. The van der Waals surface area contributed by atoms with Crippen molar-refractivity contribution in [1.29, 1.82) is 0 Å². The van der Waals surface area contributed by atoms with Crippen molar-refractivity contribution in [3.05, 3.63) is 58.2 Å². The second-order valence-electron chi connectivity index (χ2n) is 6.87. The Morgan fingerprint density at radius 2 is 1.62 bits per heavy atom. The summed E-state index contributed by atoms with van der Waals surface area (Å²) in [5, 5.41) is 0. The predicted molar refractivity (Wildman–Crippen MR) is 93.1 cm³/mol. The van der Waals surface area contributed by atoms with Crippen LogP contribution in [0.2, 0.25) is 0 Å². The molecule has 138 valence electrons. The molecule has 1 aromatic rings. The first-order valence-corrected chi connectivity index (χ1v) is 9.01. The molecule has 26 heavy (non-hydrogen) atoms. The Morgan fingerprint density at radius 3 is 2.35 bits per heavy atom. The molecule has 2 aliphatic rings. The fourth-order valence-electron chi connectivity index (χ4n) is 3.63. The van der Waals surface area contributed by atoms with E-state index in [2.05, 4.69) is 0 Å². The second kappa shape index (κ2) is 7.60. The Hall–Kier alpha value is -2.17. The summed E-state index contributed by atoms with van der Waals surface area (Å²) in [6.45, 7) is 0. The van der Waals surface area contributed by atoms with E-state index >= 15 is 0 Å². The van der Waals surface area contributed by atoms with Crippen LogP contribution in [0.15, 0.2) is 41.5 Å². The molecule has 0 saturated heterocycles. The zero-order valence-corrected chi connectivity index (χ0v) is 14.5. The molecule has 0 N–H and O–H groups in total. The maximum absolute atomic E-state index is 13.1. The number of allylic oxidation sites excluding steroid dienone is 4. The average Bonchev–Trinajstić information content (AvgIpc) is 2.64. The second-order valence-corrected chi connectivity index (χ2v) is 6.87. The molecule has 5 heteroatoms. The van der Waals surface area contributed by atoms with E-state index in [1.165, 1.54) is 17.2 Å². The van der Waals surface area contributed by atoms with Crippen LogP contribution in [-0.4, -0.2) is 17.7 Å². The van der Waals surface area contributed by atoms with Gasteiger partial charge in [0.05, 0.1) is 0 Å². The summed E-state index contributed by atoms with van der Waals surface area (Å²) in [5.41, 5.74) is 1.91. The standard InChI is InChI=1S/C21H21F3O2/c22-21(23,24)18-8-4-3-7-17(18)20(26)12-11-19(25)16-10-9-14-5-1-2-6-15(14)13-16/h3,7,9-10,13H,1-2,4-6,8,11-12H2. The molecule has 0 fully saturated rings. The third-order valence-corrected chi connectivity index (χ3v) is 5.06. The Kier molecular flexibility index (Phi) is 5.44. The quantitative estimate of drug-likeness (QED) is 0.666. The van der Waals surface area contributed by atoms with E-state index in [1.54, 1.807) is 12.1 Å². The Labute approximate surface area is 150 Å². The monoisotopic (exact) mass is 362 g/mol. The SMILES string of the molecule is O=C(CCC(=O)c1ccc2c(c1)CCCC2)C1=C(C(F)(F)F)CCC=C1. The molecule has 0 aliphatic heterocycles. The summed E-state index contributed by atoms with van der Waals surface area (Å²) in [6.07, 6.45) is 2.37. The summed E-state index contributed by atoms with van der Waals surface area (Å²) >= 11 is 0. The fraction of sp³-hybridized carbons (Fsp3) is 0.429. The number of carbonyl (C=O) groups excluding carboxylic acids is 2. The van der Waals surface area contributed by atoms with Gasteiger partial charge in [0.2, 0.25) is 0 Å². The van der Waals surface area contributed by atoms with Crippen LogP contribution in [-0.2, 0) is 17.6 Å². The number of ketones is 2. The lowest BCUT2D eigenvalue weighted by Crippen LogP contribution is -2.19. The van der Waals surface area contributed by atoms with Gasteiger partial charge in [-0.3, -0.25) is 9.59 Å². The van der Waals surface area contributed by atoms with Crippen molar-refractivity contribution < 1.29 is 22.8 Å². The molecule has 0 spiro atoms. The highest BCUT2D eigenvalue weighted by Gasteiger charge is 2.37. The Balaban J connectivity index is 1.68. The molecule has 0 aromatic heterocycles. The highest BCUT2D eigenvalue weighted by molar-refractivity contribution is 6.03. The average molecular weight is 362 g/mol. The van der Waals surface area contributed by atoms with Gasteiger partial charge in [0.25, 0.3) is 0 Å². The van der Waals surface area contributed by atoms with E-state index in [9.17, 15) is 22.8 Å². The molecule has 0 saturated carbocycles. The van der Waals surface area contributed by atoms with Crippen molar-refractivity contribution in [3.63, 3.8) is 0 Å². The first-order chi connectivity index (χ1) is 12.4. The number of hydrogen-bond donors (Lipinski definition) is 0. The highest BCUT2D eigenvalue weighted by atomic mass is 19.4. The van der Waals surface area contributed by atoms with Crippen molar-refractivity contribution in [2.45, 2.75) is 57.5 Å². The largest absolute Gasteiger partial charge is 0.413 e. The van der Waals surface area contributed by atoms with Crippen LogP contribution in [0.5, 0.6) is 0 Å². The van der Waals surface area contributed by atoms with E-state index < -0.39 is 17.5 Å². The van der Waals surface area contributed by atoms with Gasteiger partial charge in [-0.1, -0.05) is 24.3 Å². The summed E-state index contributed by atoms with van der Waals surface area (Å²) < 4.78 is 39.2. The van der Waals surface area contributed by atoms with E-state index in [4.69, 9.17) is 0 Å². The van der Waals surface area contributed by atoms with Gasteiger partial charge in [-0.15, -0.1) is 0 Å². The van der Waals surface area contributed by atoms with Crippen molar-refractivity contribution >= 4 is 11.6 Å².